The number of nitrogens with zero attached hydrogens (tertiary/aromatic N) is 4. The van der Waals surface area contributed by atoms with Crippen LogP contribution in [0.25, 0.3) is 6.08 Å². The quantitative estimate of drug-likeness (QED) is 0.370. The van der Waals surface area contributed by atoms with E-state index in [9.17, 15) is 14.7 Å². The number of carbonyl (C=O) groups is 2. The third kappa shape index (κ3) is 5.37. The average Bonchev–Trinajstić information content (AvgIpc) is 2.92. The van der Waals surface area contributed by atoms with E-state index >= 15 is 0 Å². The van der Waals surface area contributed by atoms with Gasteiger partial charge in [-0.25, -0.2) is 9.99 Å². The summed E-state index contributed by atoms with van der Waals surface area (Å²) >= 11 is 0. The first-order chi connectivity index (χ1) is 18.6. The van der Waals surface area contributed by atoms with Crippen molar-refractivity contribution < 1.29 is 24.2 Å². The Morgan fingerprint density at radius 1 is 1.15 bits per heavy atom. The summed E-state index contributed by atoms with van der Waals surface area (Å²) in [6.07, 6.45) is 6.40. The Morgan fingerprint density at radius 3 is 2.56 bits per heavy atom. The van der Waals surface area contributed by atoms with Crippen LogP contribution in [0.4, 0.5) is 11.8 Å². The molecule has 2 aromatic carbocycles. The van der Waals surface area contributed by atoms with Gasteiger partial charge in [-0.05, 0) is 48.7 Å². The number of hydrazone groups is 1. The highest BCUT2D eigenvalue weighted by atomic mass is 16.5. The standard InChI is InChI=1S/C28H30N6O5/c1-28(2,26(36)37)24-20-8-6-5-7-18(20)15-32-34(24)22(35)10-9-17-11-16(13-21(38-3)23(17)39-4)12-19-14-31-27(30)33-25(19)29/h5-11,13-15,24H,12H2,1-4H3,(H,36,37)(H4,29,30,31,33). The maximum Gasteiger partial charge on any atom is 0.311 e. The van der Waals surface area contributed by atoms with Gasteiger partial charge in [-0.3, -0.25) is 9.59 Å². The number of amides is 1. The summed E-state index contributed by atoms with van der Waals surface area (Å²) in [7, 11) is 3.01. The number of nitrogens with two attached hydrogens (primary N) is 2. The Hall–Kier alpha value is -4.93. The molecule has 11 heteroatoms. The summed E-state index contributed by atoms with van der Waals surface area (Å²) in [6, 6.07) is 10.1. The summed E-state index contributed by atoms with van der Waals surface area (Å²) in [6.45, 7) is 3.15. The molecule has 2 heterocycles. The maximum absolute atomic E-state index is 13.5. The molecule has 1 aromatic heterocycles. The zero-order valence-electron chi connectivity index (χ0n) is 22.1. The summed E-state index contributed by atoms with van der Waals surface area (Å²) in [4.78, 5) is 33.7. The number of anilines is 2. The van der Waals surface area contributed by atoms with Crippen molar-refractivity contribution in [2.75, 3.05) is 25.7 Å². The Bertz CT molecular complexity index is 1480. The Morgan fingerprint density at radius 2 is 1.90 bits per heavy atom. The Balaban J connectivity index is 1.70. The van der Waals surface area contributed by atoms with E-state index in [4.69, 9.17) is 20.9 Å². The zero-order valence-corrected chi connectivity index (χ0v) is 22.1. The van der Waals surface area contributed by atoms with Crippen molar-refractivity contribution in [3.63, 3.8) is 0 Å². The largest absolute Gasteiger partial charge is 0.493 e. The van der Waals surface area contributed by atoms with E-state index < -0.39 is 23.3 Å². The van der Waals surface area contributed by atoms with Crippen LogP contribution in [0.2, 0.25) is 0 Å². The van der Waals surface area contributed by atoms with Crippen molar-refractivity contribution >= 4 is 35.9 Å². The zero-order chi connectivity index (χ0) is 28.3. The number of rotatable bonds is 8. The van der Waals surface area contributed by atoms with Gasteiger partial charge in [0.2, 0.25) is 5.95 Å². The van der Waals surface area contributed by atoms with Crippen LogP contribution in [0.1, 0.15) is 47.7 Å². The lowest BCUT2D eigenvalue weighted by molar-refractivity contribution is -0.153. The van der Waals surface area contributed by atoms with Crippen molar-refractivity contribution in [3.05, 3.63) is 76.5 Å². The van der Waals surface area contributed by atoms with Crippen LogP contribution in [0, 0.1) is 5.41 Å². The number of carboxylic acids is 1. The fourth-order valence-corrected chi connectivity index (χ4v) is 4.50. The average molecular weight is 531 g/mol. The summed E-state index contributed by atoms with van der Waals surface area (Å²) in [5, 5.41) is 15.5. The Labute approximate surface area is 225 Å². The smallest absolute Gasteiger partial charge is 0.311 e. The van der Waals surface area contributed by atoms with Gasteiger partial charge in [0.05, 0.1) is 31.9 Å². The minimum Gasteiger partial charge on any atom is -0.493 e. The first-order valence-corrected chi connectivity index (χ1v) is 12.1. The molecule has 1 unspecified atom stereocenters. The minimum atomic E-state index is -1.32. The van der Waals surface area contributed by atoms with E-state index in [1.165, 1.54) is 25.3 Å². The van der Waals surface area contributed by atoms with Crippen molar-refractivity contribution in [2.45, 2.75) is 26.3 Å². The second-order valence-electron chi connectivity index (χ2n) is 9.56. The maximum atomic E-state index is 13.5. The molecular weight excluding hydrogens is 500 g/mol. The second kappa shape index (κ2) is 10.8. The van der Waals surface area contributed by atoms with Gasteiger partial charge in [0.25, 0.3) is 5.91 Å². The van der Waals surface area contributed by atoms with Gasteiger partial charge in [0, 0.05) is 29.8 Å². The number of hydrogen-bond donors (Lipinski definition) is 3. The molecule has 3 aromatic rings. The lowest BCUT2D eigenvalue weighted by Crippen LogP contribution is -2.44. The van der Waals surface area contributed by atoms with E-state index in [0.717, 1.165) is 11.1 Å². The monoisotopic (exact) mass is 530 g/mol. The van der Waals surface area contributed by atoms with Gasteiger partial charge in [0.15, 0.2) is 11.5 Å². The predicted octanol–water partition coefficient (Wildman–Crippen LogP) is 3.29. The first-order valence-electron chi connectivity index (χ1n) is 12.1. The number of aromatic nitrogens is 2. The van der Waals surface area contributed by atoms with Crippen LogP contribution >= 0.6 is 0 Å². The van der Waals surface area contributed by atoms with Crippen molar-refractivity contribution in [1.82, 2.24) is 15.0 Å². The van der Waals surface area contributed by atoms with E-state index in [1.807, 2.05) is 30.3 Å². The predicted molar refractivity (Wildman–Crippen MR) is 147 cm³/mol. The molecule has 0 bridgehead atoms. The molecule has 1 aliphatic heterocycles. The summed E-state index contributed by atoms with van der Waals surface area (Å²) in [5.74, 6) is -0.333. The molecule has 0 saturated heterocycles. The number of methoxy groups -OCH3 is 2. The number of aliphatic carboxylic acids is 1. The summed E-state index contributed by atoms with van der Waals surface area (Å²) in [5.41, 5.74) is 13.8. The molecule has 1 amide bonds. The fourth-order valence-electron chi connectivity index (χ4n) is 4.50. The number of carbonyl (C=O) groups excluding carboxylic acids is 1. The lowest BCUT2D eigenvalue weighted by Gasteiger charge is -2.39. The number of hydrogen-bond acceptors (Lipinski definition) is 9. The molecule has 39 heavy (non-hydrogen) atoms. The fraction of sp³-hybridized carbons (Fsp3) is 0.250. The van der Waals surface area contributed by atoms with Crippen LogP contribution in [0.5, 0.6) is 11.5 Å². The highest BCUT2D eigenvalue weighted by molar-refractivity contribution is 5.95. The van der Waals surface area contributed by atoms with Gasteiger partial charge in [-0.15, -0.1) is 0 Å². The minimum absolute atomic E-state index is 0.0815. The van der Waals surface area contributed by atoms with Crippen LogP contribution in [-0.4, -0.2) is 52.4 Å². The van der Waals surface area contributed by atoms with Gasteiger partial charge >= 0.3 is 5.97 Å². The third-order valence-electron chi connectivity index (χ3n) is 6.60. The highest BCUT2D eigenvalue weighted by Gasteiger charge is 2.45. The SMILES string of the molecule is COc1cc(Cc2cnc(N)nc2N)cc(C=CC(=O)N2N=Cc3ccccc3C2C(C)(C)C(=O)O)c1OC. The normalized spacial score (nSPS) is 14.8. The van der Waals surface area contributed by atoms with Crippen LogP contribution in [-0.2, 0) is 16.0 Å². The van der Waals surface area contributed by atoms with Crippen LogP contribution in [0.3, 0.4) is 0 Å². The molecule has 0 fully saturated rings. The van der Waals surface area contributed by atoms with Gasteiger partial charge in [-0.1, -0.05) is 24.3 Å². The van der Waals surface area contributed by atoms with Gasteiger partial charge in [-0.2, -0.15) is 10.1 Å². The molecule has 11 nitrogen and oxygen atoms in total. The molecule has 0 spiro atoms. The molecule has 0 saturated carbocycles. The number of ether oxygens (including phenoxy) is 2. The number of carboxylic acid groups (broad SMARTS) is 1. The molecule has 4 rings (SSSR count). The lowest BCUT2D eigenvalue weighted by atomic mass is 9.78. The van der Waals surface area contributed by atoms with E-state index in [0.29, 0.717) is 34.6 Å². The molecule has 1 atom stereocenters. The van der Waals surface area contributed by atoms with Crippen LogP contribution in [0.15, 0.2) is 53.8 Å². The summed E-state index contributed by atoms with van der Waals surface area (Å²) < 4.78 is 11.1. The van der Waals surface area contributed by atoms with Crippen LogP contribution < -0.4 is 20.9 Å². The Kier molecular flexibility index (Phi) is 7.52. The molecule has 202 valence electrons. The van der Waals surface area contributed by atoms with Crippen molar-refractivity contribution in [2.24, 2.45) is 10.5 Å². The molecule has 0 aliphatic carbocycles. The van der Waals surface area contributed by atoms with E-state index in [1.54, 1.807) is 38.4 Å². The third-order valence-corrected chi connectivity index (χ3v) is 6.60. The van der Waals surface area contributed by atoms with Crippen molar-refractivity contribution in [1.29, 1.82) is 0 Å². The highest BCUT2D eigenvalue weighted by Crippen LogP contribution is 2.42. The second-order valence-corrected chi connectivity index (χ2v) is 9.56. The number of fused-ring (bicyclic) bond motifs is 1. The number of nitrogen functional groups attached to an aromatic ring is 2. The topological polar surface area (TPSA) is 166 Å². The van der Waals surface area contributed by atoms with Crippen molar-refractivity contribution in [3.8, 4) is 11.5 Å². The van der Waals surface area contributed by atoms with E-state index in [-0.39, 0.29) is 11.8 Å². The van der Waals surface area contributed by atoms with E-state index in [2.05, 4.69) is 15.1 Å². The molecule has 5 N–H and O–H groups in total. The first kappa shape index (κ1) is 27.1. The molecular formula is C28H30N6O5. The molecule has 1 aliphatic rings. The number of benzene rings is 2. The van der Waals surface area contributed by atoms with Gasteiger partial charge in [0.1, 0.15) is 5.82 Å². The molecule has 0 radical (unpaired) electrons. The van der Waals surface area contributed by atoms with Gasteiger partial charge < -0.3 is 26.0 Å².